The van der Waals surface area contributed by atoms with Crippen LogP contribution in [-0.2, 0) is 14.8 Å². The van der Waals surface area contributed by atoms with Crippen LogP contribution in [0.25, 0.3) is 0 Å². The third kappa shape index (κ3) is 5.53. The number of hydrogen-bond donors (Lipinski definition) is 1. The second-order valence-electron chi connectivity index (χ2n) is 5.55. The quantitative estimate of drug-likeness (QED) is 0.601. The highest BCUT2D eigenvalue weighted by Crippen LogP contribution is 2.24. The second-order valence-corrected chi connectivity index (χ2v) is 7.86. The molecule has 26 heavy (non-hydrogen) atoms. The molecule has 0 saturated heterocycles. The van der Waals surface area contributed by atoms with Gasteiger partial charge in [-0.2, -0.15) is 5.10 Å². The fourth-order valence-electron chi connectivity index (χ4n) is 2.03. The minimum Gasteiger partial charge on any atom is -0.271 e. The highest BCUT2D eigenvalue weighted by Gasteiger charge is 2.21. The zero-order chi connectivity index (χ0) is 19.3. The summed E-state index contributed by atoms with van der Waals surface area (Å²) in [6.45, 7) is 1.33. The van der Waals surface area contributed by atoms with Crippen molar-refractivity contribution in [3.05, 3.63) is 64.4 Å². The van der Waals surface area contributed by atoms with Gasteiger partial charge >= 0.3 is 0 Å². The molecule has 0 heterocycles. The van der Waals surface area contributed by atoms with Crippen LogP contribution in [0.3, 0.4) is 0 Å². The summed E-state index contributed by atoms with van der Waals surface area (Å²) in [6.07, 6.45) is 2.32. The smallest absolute Gasteiger partial charge is 0.260 e. The Balaban J connectivity index is 2.09. The summed E-state index contributed by atoms with van der Waals surface area (Å²) in [5.41, 5.74) is 3.89. The predicted molar refractivity (Wildman–Crippen MR) is 101 cm³/mol. The maximum absolute atomic E-state index is 12.8. The van der Waals surface area contributed by atoms with Gasteiger partial charge in [-0.3, -0.25) is 9.10 Å². The van der Waals surface area contributed by atoms with Gasteiger partial charge in [-0.1, -0.05) is 29.8 Å². The number of benzene rings is 2. The van der Waals surface area contributed by atoms with E-state index in [0.29, 0.717) is 10.6 Å². The third-order valence-corrected chi connectivity index (χ3v) is 4.95. The maximum Gasteiger partial charge on any atom is 0.260 e. The highest BCUT2D eigenvalue weighted by atomic mass is 35.5. The van der Waals surface area contributed by atoms with Crippen LogP contribution in [0, 0.1) is 12.7 Å². The molecular formula is C17H17ClFN3O3S. The molecule has 0 radical (unpaired) electrons. The molecule has 1 amide bonds. The van der Waals surface area contributed by atoms with E-state index < -0.39 is 22.5 Å². The summed E-state index contributed by atoms with van der Waals surface area (Å²) >= 11 is 6.03. The number of nitrogens with one attached hydrogen (secondary N) is 1. The number of sulfonamides is 1. The average molecular weight is 398 g/mol. The maximum atomic E-state index is 12.8. The van der Waals surface area contributed by atoms with Gasteiger partial charge in [-0.25, -0.2) is 18.2 Å². The van der Waals surface area contributed by atoms with Crippen LogP contribution in [0.1, 0.15) is 11.1 Å². The van der Waals surface area contributed by atoms with Crippen molar-refractivity contribution in [2.45, 2.75) is 6.92 Å². The average Bonchev–Trinajstić information content (AvgIpc) is 2.56. The Bertz CT molecular complexity index is 931. The Hall–Kier alpha value is -2.45. The number of carbonyl (C=O) groups is 1. The minimum atomic E-state index is -3.70. The van der Waals surface area contributed by atoms with E-state index in [9.17, 15) is 17.6 Å². The summed E-state index contributed by atoms with van der Waals surface area (Å²) in [5.74, 6) is -1.02. The number of carbonyl (C=O) groups excluding carboxylic acids is 1. The van der Waals surface area contributed by atoms with E-state index in [-0.39, 0.29) is 11.5 Å². The molecule has 0 aliphatic rings. The van der Waals surface area contributed by atoms with E-state index in [1.807, 2.05) is 0 Å². The first-order valence-corrected chi connectivity index (χ1v) is 9.71. The van der Waals surface area contributed by atoms with Gasteiger partial charge in [0.1, 0.15) is 12.4 Å². The Morgan fingerprint density at radius 1 is 1.27 bits per heavy atom. The number of anilines is 1. The number of hydrazone groups is 1. The SMILES string of the molecule is Cc1ccc(N(CC(=O)N/N=C\c2ccc(F)cc2)S(C)(=O)=O)cc1Cl. The summed E-state index contributed by atoms with van der Waals surface area (Å²) in [4.78, 5) is 12.0. The fourth-order valence-corrected chi connectivity index (χ4v) is 3.05. The highest BCUT2D eigenvalue weighted by molar-refractivity contribution is 7.92. The van der Waals surface area contributed by atoms with Gasteiger partial charge in [0.05, 0.1) is 18.2 Å². The molecule has 9 heteroatoms. The van der Waals surface area contributed by atoms with Crippen molar-refractivity contribution in [2.24, 2.45) is 5.10 Å². The summed E-state index contributed by atoms with van der Waals surface area (Å²) in [5, 5.41) is 4.13. The number of rotatable bonds is 6. The van der Waals surface area contributed by atoms with E-state index in [4.69, 9.17) is 11.6 Å². The molecule has 0 atom stereocenters. The zero-order valence-electron chi connectivity index (χ0n) is 14.1. The van der Waals surface area contributed by atoms with Crippen LogP contribution in [0.15, 0.2) is 47.6 Å². The van der Waals surface area contributed by atoms with Crippen molar-refractivity contribution in [3.8, 4) is 0 Å². The Kier molecular flexibility index (Phi) is 6.33. The van der Waals surface area contributed by atoms with Crippen LogP contribution >= 0.6 is 11.6 Å². The molecule has 2 aromatic rings. The number of halogens is 2. The number of nitrogens with zero attached hydrogens (tertiary/aromatic N) is 2. The normalized spacial score (nSPS) is 11.5. The molecule has 0 aliphatic carbocycles. The van der Waals surface area contributed by atoms with Crippen molar-refractivity contribution in [1.29, 1.82) is 0 Å². The van der Waals surface area contributed by atoms with Gasteiger partial charge < -0.3 is 0 Å². The monoisotopic (exact) mass is 397 g/mol. The van der Waals surface area contributed by atoms with Gasteiger partial charge in [-0.05, 0) is 42.3 Å². The lowest BCUT2D eigenvalue weighted by atomic mass is 10.2. The number of hydrogen-bond acceptors (Lipinski definition) is 4. The molecule has 2 rings (SSSR count). The molecule has 0 saturated carbocycles. The van der Waals surface area contributed by atoms with E-state index in [2.05, 4.69) is 10.5 Å². The zero-order valence-corrected chi connectivity index (χ0v) is 15.7. The molecule has 0 unspecified atom stereocenters. The Labute approximate surface area is 156 Å². The third-order valence-electron chi connectivity index (χ3n) is 3.40. The first-order valence-electron chi connectivity index (χ1n) is 7.48. The fraction of sp³-hybridized carbons (Fsp3) is 0.176. The summed E-state index contributed by atoms with van der Waals surface area (Å²) in [7, 11) is -3.70. The molecule has 0 spiro atoms. The van der Waals surface area contributed by atoms with Gasteiger partial charge in [0.25, 0.3) is 5.91 Å². The first kappa shape index (κ1) is 19.9. The lowest BCUT2D eigenvalue weighted by Gasteiger charge is -2.21. The topological polar surface area (TPSA) is 78.8 Å². The van der Waals surface area contributed by atoms with Crippen molar-refractivity contribution in [2.75, 3.05) is 17.1 Å². The van der Waals surface area contributed by atoms with E-state index >= 15 is 0 Å². The Morgan fingerprint density at radius 2 is 1.92 bits per heavy atom. The van der Waals surface area contributed by atoms with E-state index in [1.54, 1.807) is 19.1 Å². The van der Waals surface area contributed by atoms with Gasteiger partial charge in [0.2, 0.25) is 10.0 Å². The first-order chi connectivity index (χ1) is 12.2. The molecule has 0 bridgehead atoms. The predicted octanol–water partition coefficient (Wildman–Crippen LogP) is 2.70. The van der Waals surface area contributed by atoms with Crippen molar-refractivity contribution < 1.29 is 17.6 Å². The molecule has 2 aromatic carbocycles. The van der Waals surface area contributed by atoms with Crippen LogP contribution in [-0.4, -0.2) is 33.3 Å². The molecule has 6 nitrogen and oxygen atoms in total. The largest absolute Gasteiger partial charge is 0.271 e. The molecule has 0 aliphatic heterocycles. The van der Waals surface area contributed by atoms with Crippen LogP contribution in [0.5, 0.6) is 0 Å². The van der Waals surface area contributed by atoms with Crippen molar-refractivity contribution in [1.82, 2.24) is 5.43 Å². The van der Waals surface area contributed by atoms with Crippen LogP contribution in [0.2, 0.25) is 5.02 Å². The molecule has 0 aromatic heterocycles. The standard InChI is InChI=1S/C17H17ClFN3O3S/c1-12-3-8-15(9-16(12)18)22(26(2,24)25)11-17(23)21-20-10-13-4-6-14(19)7-5-13/h3-10H,11H2,1-2H3,(H,21,23)/b20-10-. The van der Waals surface area contributed by atoms with Gasteiger partial charge in [0.15, 0.2) is 0 Å². The minimum absolute atomic E-state index is 0.278. The van der Waals surface area contributed by atoms with Crippen LogP contribution in [0.4, 0.5) is 10.1 Å². The lowest BCUT2D eigenvalue weighted by Crippen LogP contribution is -2.39. The van der Waals surface area contributed by atoms with Crippen LogP contribution < -0.4 is 9.73 Å². The summed E-state index contributed by atoms with van der Waals surface area (Å²) < 4.78 is 37.8. The number of aryl methyl sites for hydroxylation is 1. The molecule has 1 N–H and O–H groups in total. The number of amides is 1. The van der Waals surface area contributed by atoms with Crippen molar-refractivity contribution >= 4 is 39.4 Å². The molecular weight excluding hydrogens is 381 g/mol. The summed E-state index contributed by atoms with van der Waals surface area (Å²) in [6, 6.07) is 10.2. The molecule has 138 valence electrons. The molecule has 0 fully saturated rings. The van der Waals surface area contributed by atoms with Gasteiger partial charge in [0, 0.05) is 5.02 Å². The second kappa shape index (κ2) is 8.29. The van der Waals surface area contributed by atoms with Crippen molar-refractivity contribution in [3.63, 3.8) is 0 Å². The van der Waals surface area contributed by atoms with E-state index in [1.165, 1.54) is 36.5 Å². The van der Waals surface area contributed by atoms with E-state index in [0.717, 1.165) is 16.1 Å². The Morgan fingerprint density at radius 3 is 2.50 bits per heavy atom. The lowest BCUT2D eigenvalue weighted by molar-refractivity contribution is -0.119. The van der Waals surface area contributed by atoms with Gasteiger partial charge in [-0.15, -0.1) is 0 Å².